The molecule has 1 heterocycles. The number of alkyl halides is 3. The monoisotopic (exact) mass is 448 g/mol. The van der Waals surface area contributed by atoms with Gasteiger partial charge in [0.05, 0.1) is 10.6 Å². The molecule has 0 aliphatic rings. The van der Waals surface area contributed by atoms with Crippen LogP contribution in [0.25, 0.3) is 11.3 Å². The van der Waals surface area contributed by atoms with Crippen molar-refractivity contribution in [2.24, 2.45) is 0 Å². The summed E-state index contributed by atoms with van der Waals surface area (Å²) in [4.78, 5) is 0.0603. The van der Waals surface area contributed by atoms with Crippen molar-refractivity contribution < 1.29 is 21.6 Å². The smallest absolute Gasteiger partial charge is 0.273 e. The number of halogens is 5. The maximum absolute atomic E-state index is 13.5. The van der Waals surface area contributed by atoms with Gasteiger partial charge in [0, 0.05) is 33.8 Å². The molecule has 0 amide bonds. The van der Waals surface area contributed by atoms with Gasteiger partial charge in [-0.05, 0) is 29.8 Å². The third kappa shape index (κ3) is 4.34. The average molecular weight is 449 g/mol. The van der Waals surface area contributed by atoms with Crippen molar-refractivity contribution in [3.8, 4) is 11.3 Å². The molecule has 1 N–H and O–H groups in total. The van der Waals surface area contributed by atoms with Crippen LogP contribution in [0.15, 0.2) is 47.4 Å². The number of benzene rings is 2. The van der Waals surface area contributed by atoms with Crippen LogP contribution >= 0.6 is 23.2 Å². The minimum absolute atomic E-state index is 0.0603. The summed E-state index contributed by atoms with van der Waals surface area (Å²) in [5.41, 5.74) is -0.214. The van der Waals surface area contributed by atoms with E-state index in [0.717, 1.165) is 6.26 Å². The Kier molecular flexibility index (Phi) is 5.49. The molecule has 0 bridgehead atoms. The Bertz CT molecular complexity index is 1120. The van der Waals surface area contributed by atoms with Crippen LogP contribution in [-0.4, -0.2) is 24.9 Å². The number of hydrogen-bond donors (Lipinski definition) is 1. The number of aromatic nitrogens is 2. The van der Waals surface area contributed by atoms with Crippen molar-refractivity contribution in [2.45, 2.75) is 17.5 Å². The molecule has 4 nitrogen and oxygen atoms in total. The van der Waals surface area contributed by atoms with E-state index >= 15 is 0 Å². The van der Waals surface area contributed by atoms with Crippen LogP contribution in [0.5, 0.6) is 0 Å². The summed E-state index contributed by atoms with van der Waals surface area (Å²) in [5, 5.41) is 6.48. The molecule has 1 aromatic heterocycles. The van der Waals surface area contributed by atoms with Gasteiger partial charge in [0.15, 0.2) is 9.84 Å². The van der Waals surface area contributed by atoms with Gasteiger partial charge >= 0.3 is 6.18 Å². The van der Waals surface area contributed by atoms with Crippen LogP contribution in [-0.2, 0) is 22.4 Å². The van der Waals surface area contributed by atoms with E-state index in [1.165, 1.54) is 36.4 Å². The molecule has 0 spiro atoms. The third-order valence-corrected chi connectivity index (χ3v) is 5.80. The fraction of sp³-hybridized carbons (Fsp3) is 0.167. The van der Waals surface area contributed by atoms with Gasteiger partial charge in [-0.25, -0.2) is 8.42 Å². The van der Waals surface area contributed by atoms with Gasteiger partial charge in [-0.15, -0.1) is 0 Å². The van der Waals surface area contributed by atoms with Gasteiger partial charge in [-0.1, -0.05) is 41.4 Å². The lowest BCUT2D eigenvalue weighted by atomic mass is 9.98. The van der Waals surface area contributed by atoms with Crippen LogP contribution in [0.3, 0.4) is 0 Å². The quantitative estimate of drug-likeness (QED) is 0.581. The summed E-state index contributed by atoms with van der Waals surface area (Å²) in [5.74, 6) is 0. The molecule has 148 valence electrons. The Labute approximate surface area is 169 Å². The first kappa shape index (κ1) is 20.7. The van der Waals surface area contributed by atoms with E-state index in [9.17, 15) is 21.6 Å². The molecular formula is C18H13Cl2F3N2O2S. The molecule has 0 atom stereocenters. The summed E-state index contributed by atoms with van der Waals surface area (Å²) in [6, 6.07) is 10.0. The first-order valence-corrected chi connectivity index (χ1v) is 10.5. The maximum Gasteiger partial charge on any atom is 0.433 e. The molecule has 0 aliphatic heterocycles. The molecule has 3 rings (SSSR count). The second-order valence-electron chi connectivity index (χ2n) is 6.13. The molecule has 28 heavy (non-hydrogen) atoms. The summed E-state index contributed by atoms with van der Waals surface area (Å²) in [7, 11) is -3.43. The normalized spacial score (nSPS) is 12.4. The van der Waals surface area contributed by atoms with Crippen molar-refractivity contribution in [1.29, 1.82) is 0 Å². The van der Waals surface area contributed by atoms with Gasteiger partial charge in [-0.3, -0.25) is 5.10 Å². The Balaban J connectivity index is 2.11. The molecule has 0 saturated carbocycles. The van der Waals surface area contributed by atoms with E-state index in [1.807, 2.05) is 5.10 Å². The van der Waals surface area contributed by atoms with Crippen LogP contribution in [0, 0.1) is 0 Å². The fourth-order valence-electron chi connectivity index (χ4n) is 2.73. The van der Waals surface area contributed by atoms with Crippen LogP contribution in [0.4, 0.5) is 13.2 Å². The van der Waals surface area contributed by atoms with E-state index in [1.54, 1.807) is 6.07 Å². The lowest BCUT2D eigenvalue weighted by Crippen LogP contribution is -2.09. The Hall–Kier alpha value is -2.03. The van der Waals surface area contributed by atoms with Crippen molar-refractivity contribution >= 4 is 33.0 Å². The molecule has 0 aliphatic carbocycles. The van der Waals surface area contributed by atoms with Gasteiger partial charge in [0.25, 0.3) is 0 Å². The highest BCUT2D eigenvalue weighted by molar-refractivity contribution is 7.90. The highest BCUT2D eigenvalue weighted by Gasteiger charge is 2.37. The number of nitrogens with one attached hydrogen (secondary N) is 1. The van der Waals surface area contributed by atoms with Crippen LogP contribution in [0.1, 0.15) is 16.8 Å². The van der Waals surface area contributed by atoms with Gasteiger partial charge in [0.2, 0.25) is 0 Å². The maximum atomic E-state index is 13.5. The molecular weight excluding hydrogens is 436 g/mol. The number of rotatable bonds is 4. The second kappa shape index (κ2) is 7.42. The van der Waals surface area contributed by atoms with Crippen molar-refractivity contribution in [3.63, 3.8) is 0 Å². The first-order valence-electron chi connectivity index (χ1n) is 7.85. The molecule has 0 fully saturated rings. The number of aromatic amines is 1. The van der Waals surface area contributed by atoms with E-state index in [0.29, 0.717) is 16.1 Å². The van der Waals surface area contributed by atoms with E-state index in [4.69, 9.17) is 23.2 Å². The van der Waals surface area contributed by atoms with E-state index in [-0.39, 0.29) is 27.6 Å². The number of sulfone groups is 1. The Morgan fingerprint density at radius 1 is 1.07 bits per heavy atom. The van der Waals surface area contributed by atoms with E-state index < -0.39 is 21.7 Å². The average Bonchev–Trinajstić information content (AvgIpc) is 3.00. The topological polar surface area (TPSA) is 62.8 Å². The lowest BCUT2D eigenvalue weighted by molar-refractivity contribution is -0.141. The SMILES string of the molecule is CS(=O)(=O)c1ccc(-c2n[nH]c(C(F)(F)F)c2Cc2ccc(Cl)cc2Cl)cc1. The fourth-order valence-corrected chi connectivity index (χ4v) is 3.83. The standard InChI is InChI=1S/C18H13Cl2F3N2O2S/c1-28(26,27)13-6-3-10(4-7-13)16-14(17(25-24-16)18(21,22)23)8-11-2-5-12(19)9-15(11)20/h2-7,9H,8H2,1H3,(H,24,25). The molecule has 0 unspecified atom stereocenters. The summed E-state index contributed by atoms with van der Waals surface area (Å²) >= 11 is 12.0. The molecule has 3 aromatic rings. The van der Waals surface area contributed by atoms with Crippen molar-refractivity contribution in [2.75, 3.05) is 6.26 Å². The molecule has 10 heteroatoms. The predicted octanol–water partition coefficient (Wildman–Crippen LogP) is 5.40. The van der Waals surface area contributed by atoms with Crippen molar-refractivity contribution in [1.82, 2.24) is 10.2 Å². The highest BCUT2D eigenvalue weighted by Crippen LogP contribution is 2.37. The lowest BCUT2D eigenvalue weighted by Gasteiger charge is -2.11. The van der Waals surface area contributed by atoms with Gasteiger partial charge < -0.3 is 0 Å². The Morgan fingerprint density at radius 2 is 1.71 bits per heavy atom. The first-order chi connectivity index (χ1) is 13.0. The summed E-state index contributed by atoms with van der Waals surface area (Å²) in [6.07, 6.45) is -3.73. The second-order valence-corrected chi connectivity index (χ2v) is 8.99. The largest absolute Gasteiger partial charge is 0.433 e. The molecule has 2 aromatic carbocycles. The van der Waals surface area contributed by atoms with Crippen LogP contribution < -0.4 is 0 Å². The molecule has 0 radical (unpaired) electrons. The van der Waals surface area contributed by atoms with Crippen LogP contribution in [0.2, 0.25) is 10.0 Å². The minimum atomic E-state index is -4.65. The zero-order valence-electron chi connectivity index (χ0n) is 14.3. The summed E-state index contributed by atoms with van der Waals surface area (Å²) < 4.78 is 63.6. The zero-order valence-corrected chi connectivity index (χ0v) is 16.6. The summed E-state index contributed by atoms with van der Waals surface area (Å²) in [6.45, 7) is 0. The number of H-pyrrole nitrogens is 1. The Morgan fingerprint density at radius 3 is 2.25 bits per heavy atom. The number of hydrogen-bond acceptors (Lipinski definition) is 3. The predicted molar refractivity (Wildman–Crippen MR) is 101 cm³/mol. The third-order valence-electron chi connectivity index (χ3n) is 4.09. The minimum Gasteiger partial charge on any atom is -0.273 e. The van der Waals surface area contributed by atoms with Crippen molar-refractivity contribution in [3.05, 3.63) is 69.3 Å². The van der Waals surface area contributed by atoms with Gasteiger partial charge in [0.1, 0.15) is 5.69 Å². The van der Waals surface area contributed by atoms with Gasteiger partial charge in [-0.2, -0.15) is 18.3 Å². The highest BCUT2D eigenvalue weighted by atomic mass is 35.5. The van der Waals surface area contributed by atoms with E-state index in [2.05, 4.69) is 5.10 Å². The zero-order chi connectivity index (χ0) is 20.7. The molecule has 0 saturated heterocycles. The number of nitrogens with zero attached hydrogens (tertiary/aromatic N) is 1.